The zero-order valence-corrected chi connectivity index (χ0v) is 28.2. The summed E-state index contributed by atoms with van der Waals surface area (Å²) in [5.74, 6) is 0.976. The highest BCUT2D eigenvalue weighted by molar-refractivity contribution is 9.10. The van der Waals surface area contributed by atoms with Gasteiger partial charge in [-0.25, -0.2) is 14.4 Å². The van der Waals surface area contributed by atoms with E-state index in [1.165, 1.54) is 24.3 Å². The van der Waals surface area contributed by atoms with Crippen LogP contribution in [0.2, 0.25) is 0 Å². The second-order valence-electron chi connectivity index (χ2n) is 11.2. The first-order valence-electron chi connectivity index (χ1n) is 15.1. The van der Waals surface area contributed by atoms with Crippen LogP contribution in [-0.4, -0.2) is 91.5 Å². The number of benzene rings is 3. The number of ether oxygens (including phenoxy) is 3. The number of hydrogen-bond donors (Lipinski definition) is 1. The van der Waals surface area contributed by atoms with Crippen LogP contribution in [0.5, 0.6) is 17.2 Å². The van der Waals surface area contributed by atoms with Crippen molar-refractivity contribution in [2.75, 3.05) is 64.8 Å². The third kappa shape index (κ3) is 6.66. The van der Waals surface area contributed by atoms with Gasteiger partial charge in [0.15, 0.2) is 11.5 Å². The van der Waals surface area contributed by atoms with Crippen LogP contribution in [0, 0.1) is 5.82 Å². The van der Waals surface area contributed by atoms with E-state index in [4.69, 9.17) is 19.9 Å². The lowest BCUT2D eigenvalue weighted by atomic mass is 10.1. The highest BCUT2D eigenvalue weighted by atomic mass is 79.9. The lowest BCUT2D eigenvalue weighted by Gasteiger charge is -2.36. The van der Waals surface area contributed by atoms with Gasteiger partial charge in [-0.05, 0) is 60.2 Å². The predicted molar refractivity (Wildman–Crippen MR) is 182 cm³/mol. The Balaban J connectivity index is 1.18. The number of nitrogens with two attached hydrogens (primary N) is 1. The lowest BCUT2D eigenvalue weighted by Crippen LogP contribution is -2.52. The molecule has 0 bridgehead atoms. The molecule has 12 nitrogen and oxygen atoms in total. The van der Waals surface area contributed by atoms with Crippen molar-refractivity contribution in [3.8, 4) is 17.2 Å². The van der Waals surface area contributed by atoms with E-state index in [9.17, 15) is 14.0 Å². The maximum absolute atomic E-state index is 13.8. The van der Waals surface area contributed by atoms with Crippen LogP contribution in [0.4, 0.5) is 21.8 Å². The fourth-order valence-corrected chi connectivity index (χ4v) is 6.12. The molecule has 2 aliphatic heterocycles. The molecule has 0 saturated carbocycles. The van der Waals surface area contributed by atoms with Crippen LogP contribution < -0.4 is 24.8 Å². The van der Waals surface area contributed by atoms with Crippen LogP contribution in [0.15, 0.2) is 70.3 Å². The van der Waals surface area contributed by atoms with Crippen LogP contribution >= 0.6 is 15.9 Å². The van der Waals surface area contributed by atoms with Crippen molar-refractivity contribution in [2.24, 2.45) is 4.99 Å². The summed E-state index contributed by atoms with van der Waals surface area (Å²) in [7, 11) is 4.64. The minimum atomic E-state index is -0.388. The van der Waals surface area contributed by atoms with Crippen molar-refractivity contribution >= 4 is 50.9 Å². The van der Waals surface area contributed by atoms with Crippen molar-refractivity contribution in [1.29, 1.82) is 0 Å². The van der Waals surface area contributed by atoms with Gasteiger partial charge in [-0.1, -0.05) is 15.9 Å². The molecule has 14 heteroatoms. The molecule has 0 radical (unpaired) electrons. The molecule has 3 aromatic carbocycles. The number of rotatable bonds is 9. The highest BCUT2D eigenvalue weighted by Crippen LogP contribution is 2.39. The summed E-state index contributed by atoms with van der Waals surface area (Å²) in [6.45, 7) is 2.37. The van der Waals surface area contributed by atoms with Crippen molar-refractivity contribution in [3.05, 3.63) is 93.3 Å². The standard InChI is InChI=1S/C34H33BrFN7O5/c1-46-27-15-20(16-28(47-2)30(27)48-3)14-22-18-38-34(40-31(22)37)39-29-25-17-23(35)6-9-26(25)43(33(29)45)19-41-10-12-42(13-11-41)32(44)21-4-7-24(36)8-5-21/h4-9,15-18H,10-14,19H2,1-3H3,(H2,37,38,40)/b39-29-. The van der Waals surface area contributed by atoms with E-state index in [1.807, 2.05) is 30.3 Å². The molecule has 0 unspecified atom stereocenters. The first-order chi connectivity index (χ1) is 23.2. The van der Waals surface area contributed by atoms with E-state index in [1.54, 1.807) is 37.3 Å². The monoisotopic (exact) mass is 717 g/mol. The summed E-state index contributed by atoms with van der Waals surface area (Å²) in [5, 5.41) is 0. The molecule has 6 rings (SSSR count). The van der Waals surface area contributed by atoms with Crippen LogP contribution in [0.25, 0.3) is 0 Å². The third-order valence-corrected chi connectivity index (χ3v) is 8.75. The topological polar surface area (TPSA) is 136 Å². The number of hydrogen-bond acceptors (Lipinski definition) is 10. The summed E-state index contributed by atoms with van der Waals surface area (Å²) in [5.41, 5.74) is 9.86. The molecular weight excluding hydrogens is 685 g/mol. The second kappa shape index (κ2) is 14.0. The van der Waals surface area contributed by atoms with E-state index in [-0.39, 0.29) is 35.1 Å². The molecule has 1 aromatic heterocycles. The van der Waals surface area contributed by atoms with E-state index >= 15 is 0 Å². The van der Waals surface area contributed by atoms with Gasteiger partial charge in [0, 0.05) is 60.0 Å². The zero-order valence-electron chi connectivity index (χ0n) is 26.6. The van der Waals surface area contributed by atoms with Gasteiger partial charge < -0.3 is 24.8 Å². The summed E-state index contributed by atoms with van der Waals surface area (Å²) < 4.78 is 30.5. The Hall–Kier alpha value is -5.08. The normalized spacial score (nSPS) is 15.5. The van der Waals surface area contributed by atoms with Gasteiger partial charge >= 0.3 is 0 Å². The Bertz CT molecular complexity index is 1870. The molecule has 0 spiro atoms. The molecule has 4 aromatic rings. The second-order valence-corrected chi connectivity index (χ2v) is 12.1. The van der Waals surface area contributed by atoms with Crippen molar-refractivity contribution in [2.45, 2.75) is 6.42 Å². The molecular formula is C34H33BrFN7O5. The van der Waals surface area contributed by atoms with Crippen LogP contribution in [0.3, 0.4) is 0 Å². The molecule has 0 atom stereocenters. The van der Waals surface area contributed by atoms with Crippen molar-refractivity contribution in [3.63, 3.8) is 0 Å². The molecule has 48 heavy (non-hydrogen) atoms. The maximum Gasteiger partial charge on any atom is 0.278 e. The first-order valence-corrected chi connectivity index (χ1v) is 15.9. The third-order valence-electron chi connectivity index (χ3n) is 8.26. The smallest absolute Gasteiger partial charge is 0.278 e. The average molecular weight is 719 g/mol. The molecule has 2 N–H and O–H groups in total. The van der Waals surface area contributed by atoms with Gasteiger partial charge in [0.1, 0.15) is 17.3 Å². The van der Waals surface area contributed by atoms with E-state index < -0.39 is 0 Å². The molecule has 0 aliphatic carbocycles. The molecule has 1 saturated heterocycles. The van der Waals surface area contributed by atoms with E-state index in [2.05, 4.69) is 35.8 Å². The summed E-state index contributed by atoms with van der Waals surface area (Å²) in [4.78, 5) is 45.7. The highest BCUT2D eigenvalue weighted by Gasteiger charge is 2.36. The summed E-state index contributed by atoms with van der Waals surface area (Å²) in [6.07, 6.45) is 1.99. The molecule has 2 amide bonds. The number of aliphatic imine (C=N–C) groups is 1. The number of halogens is 2. The van der Waals surface area contributed by atoms with Gasteiger partial charge in [-0.3, -0.25) is 19.4 Å². The van der Waals surface area contributed by atoms with Gasteiger partial charge in [0.25, 0.3) is 17.8 Å². The number of anilines is 2. The maximum atomic E-state index is 13.8. The van der Waals surface area contributed by atoms with Gasteiger partial charge in [-0.2, -0.15) is 4.98 Å². The Morgan fingerprint density at radius 2 is 1.67 bits per heavy atom. The number of fused-ring (bicyclic) bond motifs is 1. The molecule has 1 fully saturated rings. The lowest BCUT2D eigenvalue weighted by molar-refractivity contribution is -0.112. The van der Waals surface area contributed by atoms with Crippen LogP contribution in [0.1, 0.15) is 27.0 Å². The predicted octanol–water partition coefficient (Wildman–Crippen LogP) is 4.46. The summed E-state index contributed by atoms with van der Waals surface area (Å²) in [6, 6.07) is 14.8. The molecule has 3 heterocycles. The first kappa shape index (κ1) is 32.8. The Kier molecular flexibility index (Phi) is 9.55. The molecule has 248 valence electrons. The number of aromatic nitrogens is 2. The number of nitrogens with zero attached hydrogens (tertiary/aromatic N) is 6. The molecule has 2 aliphatic rings. The van der Waals surface area contributed by atoms with Crippen molar-refractivity contribution < 1.29 is 28.2 Å². The number of nitrogen functional groups attached to an aromatic ring is 1. The Labute approximate surface area is 285 Å². The fourth-order valence-electron chi connectivity index (χ4n) is 5.76. The number of piperazine rings is 1. The van der Waals surface area contributed by atoms with Gasteiger partial charge in [0.05, 0.1) is 33.7 Å². The Morgan fingerprint density at radius 3 is 2.29 bits per heavy atom. The Morgan fingerprint density at radius 1 is 0.979 bits per heavy atom. The number of carbonyl (C=O) groups excluding carboxylic acids is 2. The van der Waals surface area contributed by atoms with E-state index in [0.29, 0.717) is 78.9 Å². The number of carbonyl (C=O) groups is 2. The number of methoxy groups -OCH3 is 3. The summed E-state index contributed by atoms with van der Waals surface area (Å²) >= 11 is 3.51. The van der Waals surface area contributed by atoms with Crippen LogP contribution in [-0.2, 0) is 11.2 Å². The number of amides is 2. The fraction of sp³-hybridized carbons (Fsp3) is 0.265. The SMILES string of the molecule is COc1cc(Cc2cnc(/N=C3\C(=O)N(CN4CCN(C(=O)c5ccc(F)cc5)CC4)c4ccc(Br)cc43)nc2N)cc(OC)c1OC. The van der Waals surface area contributed by atoms with Gasteiger partial charge in [-0.15, -0.1) is 0 Å². The quantitative estimate of drug-likeness (QED) is 0.266. The minimum Gasteiger partial charge on any atom is -0.493 e. The van der Waals surface area contributed by atoms with E-state index in [0.717, 1.165) is 10.0 Å². The minimum absolute atomic E-state index is 0.0604. The largest absolute Gasteiger partial charge is 0.493 e. The van der Waals surface area contributed by atoms with Crippen molar-refractivity contribution in [1.82, 2.24) is 19.8 Å². The van der Waals surface area contributed by atoms with Gasteiger partial charge in [0.2, 0.25) is 5.75 Å². The average Bonchev–Trinajstić information content (AvgIpc) is 3.34. The zero-order chi connectivity index (χ0) is 33.9.